The lowest BCUT2D eigenvalue weighted by Crippen LogP contribution is -2.48. The Bertz CT molecular complexity index is 737. The fourth-order valence-electron chi connectivity index (χ4n) is 3.35. The number of nitrogens with zero attached hydrogens (tertiary/aromatic N) is 3. The summed E-state index contributed by atoms with van der Waals surface area (Å²) in [6, 6.07) is 4.68. The van der Waals surface area contributed by atoms with E-state index in [0.717, 1.165) is 51.6 Å². The highest BCUT2D eigenvalue weighted by atomic mass is 127. The quantitative estimate of drug-likeness (QED) is 0.300. The van der Waals surface area contributed by atoms with Crippen LogP contribution >= 0.6 is 46.7 Å². The van der Waals surface area contributed by atoms with Gasteiger partial charge in [0, 0.05) is 55.6 Å². The number of hydrogen-bond acceptors (Lipinski definition) is 6. The third-order valence-electron chi connectivity index (χ3n) is 4.85. The molecule has 9 heteroatoms. The Kier molecular flexibility index (Phi) is 10.9. The van der Waals surface area contributed by atoms with Crippen LogP contribution in [0.5, 0.6) is 0 Å². The van der Waals surface area contributed by atoms with Gasteiger partial charge in [-0.25, -0.2) is 4.98 Å². The van der Waals surface area contributed by atoms with Gasteiger partial charge in [-0.15, -0.1) is 46.7 Å². The number of thiophene rings is 1. The van der Waals surface area contributed by atoms with E-state index in [0.29, 0.717) is 6.04 Å². The number of guanidine groups is 1. The average Bonchev–Trinajstić information content (AvgIpc) is 3.39. The molecule has 6 nitrogen and oxygen atoms in total. The van der Waals surface area contributed by atoms with E-state index in [1.807, 2.05) is 24.6 Å². The van der Waals surface area contributed by atoms with E-state index in [4.69, 9.17) is 4.74 Å². The van der Waals surface area contributed by atoms with Gasteiger partial charge in [0.1, 0.15) is 0 Å². The molecule has 0 amide bonds. The van der Waals surface area contributed by atoms with E-state index < -0.39 is 0 Å². The van der Waals surface area contributed by atoms with Gasteiger partial charge in [-0.3, -0.25) is 9.89 Å². The van der Waals surface area contributed by atoms with Gasteiger partial charge in [0.2, 0.25) is 0 Å². The Morgan fingerprint density at radius 1 is 1.45 bits per heavy atom. The van der Waals surface area contributed by atoms with Crippen LogP contribution in [0.1, 0.15) is 34.7 Å². The highest BCUT2D eigenvalue weighted by Gasteiger charge is 2.26. The first kappa shape index (κ1) is 24.5. The summed E-state index contributed by atoms with van der Waals surface area (Å²) in [4.78, 5) is 14.1. The number of nitrogens with one attached hydrogen (secondary N) is 2. The minimum absolute atomic E-state index is 0. The van der Waals surface area contributed by atoms with E-state index in [1.165, 1.54) is 14.8 Å². The number of morpholine rings is 1. The fourth-order valence-corrected chi connectivity index (χ4v) is 5.07. The van der Waals surface area contributed by atoms with Crippen molar-refractivity contribution in [3.63, 3.8) is 0 Å². The van der Waals surface area contributed by atoms with E-state index in [9.17, 15) is 0 Å². The average molecular weight is 550 g/mol. The van der Waals surface area contributed by atoms with Gasteiger partial charge < -0.3 is 15.4 Å². The lowest BCUT2D eigenvalue weighted by atomic mass is 10.1. The molecular formula is C20H32IN5OS2. The molecule has 1 saturated heterocycles. The minimum Gasteiger partial charge on any atom is -0.376 e. The zero-order valence-corrected chi connectivity index (χ0v) is 21.4. The molecule has 2 aromatic heterocycles. The Labute approximate surface area is 199 Å². The predicted molar refractivity (Wildman–Crippen MR) is 134 cm³/mol. The molecule has 0 spiro atoms. The maximum absolute atomic E-state index is 5.73. The number of aryl methyl sites for hydroxylation is 1. The summed E-state index contributed by atoms with van der Waals surface area (Å²) in [5.41, 5.74) is 0. The number of rotatable bonds is 8. The summed E-state index contributed by atoms with van der Waals surface area (Å²) in [5.74, 6) is 0.843. The van der Waals surface area contributed by atoms with Gasteiger partial charge in [0.05, 0.1) is 23.8 Å². The van der Waals surface area contributed by atoms with Crippen LogP contribution in [0.25, 0.3) is 0 Å². The van der Waals surface area contributed by atoms with Crippen molar-refractivity contribution in [3.05, 3.63) is 38.5 Å². The Morgan fingerprint density at radius 3 is 2.97 bits per heavy atom. The molecule has 0 aliphatic carbocycles. The zero-order chi connectivity index (χ0) is 19.8. The molecule has 2 unspecified atom stereocenters. The smallest absolute Gasteiger partial charge is 0.191 e. The molecule has 0 aromatic carbocycles. The summed E-state index contributed by atoms with van der Waals surface area (Å²) >= 11 is 3.61. The van der Waals surface area contributed by atoms with Crippen LogP contribution in [0.2, 0.25) is 0 Å². The molecule has 1 aliphatic heterocycles. The molecule has 2 N–H and O–H groups in total. The second kappa shape index (κ2) is 12.8. The zero-order valence-electron chi connectivity index (χ0n) is 17.4. The van der Waals surface area contributed by atoms with Gasteiger partial charge in [0.25, 0.3) is 0 Å². The van der Waals surface area contributed by atoms with Crippen LogP contribution < -0.4 is 10.6 Å². The summed E-state index contributed by atoms with van der Waals surface area (Å²) < 4.78 is 5.73. The summed E-state index contributed by atoms with van der Waals surface area (Å²) in [6.45, 7) is 8.68. The van der Waals surface area contributed by atoms with E-state index in [-0.39, 0.29) is 30.1 Å². The van der Waals surface area contributed by atoms with Gasteiger partial charge >= 0.3 is 0 Å². The van der Waals surface area contributed by atoms with Crippen LogP contribution in [0.3, 0.4) is 0 Å². The first-order valence-electron chi connectivity index (χ1n) is 9.96. The van der Waals surface area contributed by atoms with Crippen molar-refractivity contribution in [3.8, 4) is 0 Å². The second-order valence-corrected chi connectivity index (χ2v) is 9.09. The van der Waals surface area contributed by atoms with Crippen molar-refractivity contribution in [2.75, 3.05) is 39.8 Å². The van der Waals surface area contributed by atoms with Crippen molar-refractivity contribution in [2.24, 2.45) is 4.99 Å². The predicted octanol–water partition coefficient (Wildman–Crippen LogP) is 3.55. The Morgan fingerprint density at radius 2 is 2.31 bits per heavy atom. The molecule has 2 aromatic rings. The molecule has 0 radical (unpaired) electrons. The maximum Gasteiger partial charge on any atom is 0.191 e. The van der Waals surface area contributed by atoms with E-state index in [1.54, 1.807) is 11.3 Å². The van der Waals surface area contributed by atoms with Crippen LogP contribution in [-0.4, -0.2) is 61.8 Å². The van der Waals surface area contributed by atoms with Gasteiger partial charge in [-0.1, -0.05) is 13.0 Å². The summed E-state index contributed by atoms with van der Waals surface area (Å²) in [5, 5.41) is 10.3. The molecule has 1 fully saturated rings. The Balaban J connectivity index is 0.00000300. The van der Waals surface area contributed by atoms with E-state index in [2.05, 4.69) is 56.9 Å². The lowest BCUT2D eigenvalue weighted by molar-refractivity contribution is -0.0334. The van der Waals surface area contributed by atoms with Crippen LogP contribution in [0, 0.1) is 0 Å². The number of thiazole rings is 1. The molecule has 3 rings (SSSR count). The lowest BCUT2D eigenvalue weighted by Gasteiger charge is -2.37. The number of aromatic nitrogens is 1. The largest absolute Gasteiger partial charge is 0.376 e. The van der Waals surface area contributed by atoms with Crippen molar-refractivity contribution in [1.29, 1.82) is 0 Å². The third kappa shape index (κ3) is 7.46. The van der Waals surface area contributed by atoms with Gasteiger partial charge in [0.15, 0.2) is 5.96 Å². The van der Waals surface area contributed by atoms with Crippen LogP contribution in [0.15, 0.2) is 28.7 Å². The van der Waals surface area contributed by atoms with Crippen molar-refractivity contribution in [1.82, 2.24) is 20.5 Å². The highest BCUT2D eigenvalue weighted by molar-refractivity contribution is 14.0. The van der Waals surface area contributed by atoms with Crippen molar-refractivity contribution < 1.29 is 4.74 Å². The molecule has 0 bridgehead atoms. The standard InChI is InChI=1S/C20H31N5OS2.HI/c1-4-16-12-23-19(28-16)7-8-22-20(21-3)24-13-17(18-6-5-11-27-18)25-9-10-26-15(2)14-25;/h5-6,11-12,15,17H,4,7-10,13-14H2,1-3H3,(H2,21,22,24);1H. The SMILES string of the molecule is CCc1cnc(CCNC(=NC)NCC(c2cccs2)N2CCOC(C)C2)s1.I. The highest BCUT2D eigenvalue weighted by Crippen LogP contribution is 2.26. The fraction of sp³-hybridized carbons (Fsp3) is 0.600. The van der Waals surface area contributed by atoms with Crippen molar-refractivity contribution >= 4 is 52.6 Å². The van der Waals surface area contributed by atoms with Crippen LogP contribution in [0.4, 0.5) is 0 Å². The molecule has 0 saturated carbocycles. The number of aliphatic imine (C=N–C) groups is 1. The third-order valence-corrected chi connectivity index (χ3v) is 7.03. The molecule has 1 aliphatic rings. The molecular weight excluding hydrogens is 517 g/mol. The summed E-state index contributed by atoms with van der Waals surface area (Å²) in [6.07, 6.45) is 4.24. The van der Waals surface area contributed by atoms with Crippen molar-refractivity contribution in [2.45, 2.75) is 38.8 Å². The molecule has 3 heterocycles. The number of halogens is 1. The van der Waals surface area contributed by atoms with Gasteiger partial charge in [-0.2, -0.15) is 0 Å². The number of hydrogen-bond donors (Lipinski definition) is 2. The molecule has 29 heavy (non-hydrogen) atoms. The molecule has 2 atom stereocenters. The topological polar surface area (TPSA) is 61.8 Å². The van der Waals surface area contributed by atoms with Gasteiger partial charge in [-0.05, 0) is 24.8 Å². The summed E-state index contributed by atoms with van der Waals surface area (Å²) in [7, 11) is 1.82. The van der Waals surface area contributed by atoms with E-state index >= 15 is 0 Å². The first-order chi connectivity index (χ1) is 13.7. The first-order valence-corrected chi connectivity index (χ1v) is 11.7. The van der Waals surface area contributed by atoms with Crippen LogP contribution in [-0.2, 0) is 17.6 Å². The Hall–Kier alpha value is -0.750. The monoisotopic (exact) mass is 549 g/mol. The second-order valence-electron chi connectivity index (χ2n) is 6.91. The molecule has 162 valence electrons. The minimum atomic E-state index is 0. The normalized spacial score (nSPS) is 18.9. The number of ether oxygens (including phenoxy) is 1. The maximum atomic E-state index is 5.73.